The maximum Gasteiger partial charge on any atom is 0.192 e. The molecule has 0 aliphatic carbocycles. The van der Waals surface area contributed by atoms with Gasteiger partial charge in [-0.25, -0.2) is 0 Å². The smallest absolute Gasteiger partial charge is 0.192 e. The van der Waals surface area contributed by atoms with Crippen LogP contribution in [0, 0.1) is 12.3 Å². The molecule has 0 aromatic rings. The van der Waals surface area contributed by atoms with E-state index >= 15 is 0 Å². The number of terminal acetylenes is 1. The average molecular weight is 258 g/mol. The van der Waals surface area contributed by atoms with Gasteiger partial charge in [0.2, 0.25) is 0 Å². The number of methoxy groups -OCH3 is 1. The van der Waals surface area contributed by atoms with Gasteiger partial charge in [0.15, 0.2) is 8.32 Å². The van der Waals surface area contributed by atoms with Crippen molar-refractivity contribution in [2.24, 2.45) is 0 Å². The van der Waals surface area contributed by atoms with Crippen LogP contribution in [-0.4, -0.2) is 34.4 Å². The molecule has 0 aromatic heterocycles. The molecule has 0 saturated heterocycles. The molecule has 0 radical (unpaired) electrons. The normalized spacial score (nSPS) is 16.4. The largest absolute Gasteiger partial charge is 0.411 e. The lowest BCUT2D eigenvalue weighted by Gasteiger charge is -2.39. The highest BCUT2D eigenvalue weighted by Crippen LogP contribution is 2.37. The molecule has 0 bridgehead atoms. The van der Waals surface area contributed by atoms with Gasteiger partial charge < -0.3 is 13.9 Å². The minimum atomic E-state index is -1.80. The molecule has 4 heteroatoms. The van der Waals surface area contributed by atoms with Gasteiger partial charge in [-0.05, 0) is 25.1 Å². The van der Waals surface area contributed by atoms with Crippen LogP contribution >= 0.6 is 0 Å². The van der Waals surface area contributed by atoms with E-state index in [0.29, 0.717) is 0 Å². The fourth-order valence-corrected chi connectivity index (χ4v) is 2.57. The maximum atomic E-state index is 6.17. The second kappa shape index (κ2) is 6.55. The van der Waals surface area contributed by atoms with Crippen molar-refractivity contribution in [1.82, 2.24) is 0 Å². The van der Waals surface area contributed by atoms with Crippen LogP contribution in [-0.2, 0) is 13.9 Å². The summed E-state index contributed by atoms with van der Waals surface area (Å²) in [5.74, 6) is 2.61. The summed E-state index contributed by atoms with van der Waals surface area (Å²) in [6.07, 6.45) is 4.98. The standard InChI is InChI=1S/C13H26O3Si/c1-9-12(15-10-14-6)11(2)16-17(7,8)13(3,4)5/h1,11-12H,10H2,2-8H3/t11-,12+/m0/s1. The van der Waals surface area contributed by atoms with Crippen LogP contribution in [0.5, 0.6) is 0 Å². The van der Waals surface area contributed by atoms with E-state index in [9.17, 15) is 0 Å². The van der Waals surface area contributed by atoms with Gasteiger partial charge >= 0.3 is 0 Å². The number of hydrogen-bond donors (Lipinski definition) is 0. The van der Waals surface area contributed by atoms with Gasteiger partial charge in [-0.1, -0.05) is 26.7 Å². The van der Waals surface area contributed by atoms with E-state index in [1.54, 1.807) is 7.11 Å². The molecule has 17 heavy (non-hydrogen) atoms. The Balaban J connectivity index is 4.51. The predicted molar refractivity (Wildman–Crippen MR) is 73.3 cm³/mol. The first-order chi connectivity index (χ1) is 7.65. The molecule has 0 saturated carbocycles. The summed E-state index contributed by atoms with van der Waals surface area (Å²) in [6, 6.07) is 0. The van der Waals surface area contributed by atoms with Gasteiger partial charge in [-0.2, -0.15) is 0 Å². The Morgan fingerprint density at radius 1 is 1.29 bits per heavy atom. The third-order valence-corrected chi connectivity index (χ3v) is 7.82. The molecular weight excluding hydrogens is 232 g/mol. The summed E-state index contributed by atoms with van der Waals surface area (Å²) >= 11 is 0. The summed E-state index contributed by atoms with van der Waals surface area (Å²) in [7, 11) is -0.226. The van der Waals surface area contributed by atoms with Crippen molar-refractivity contribution >= 4 is 8.32 Å². The molecule has 0 unspecified atom stereocenters. The van der Waals surface area contributed by atoms with E-state index < -0.39 is 8.32 Å². The van der Waals surface area contributed by atoms with Gasteiger partial charge in [0.1, 0.15) is 12.9 Å². The molecule has 0 aliphatic rings. The quantitative estimate of drug-likeness (QED) is 0.416. The summed E-state index contributed by atoms with van der Waals surface area (Å²) in [4.78, 5) is 0. The average Bonchev–Trinajstić information content (AvgIpc) is 2.16. The molecule has 0 amide bonds. The van der Waals surface area contributed by atoms with E-state index in [2.05, 4.69) is 39.8 Å². The third kappa shape index (κ3) is 5.22. The van der Waals surface area contributed by atoms with Crippen molar-refractivity contribution in [2.75, 3.05) is 13.9 Å². The fraction of sp³-hybridized carbons (Fsp3) is 0.846. The lowest BCUT2D eigenvalue weighted by atomic mass is 10.2. The molecule has 2 atom stereocenters. The van der Waals surface area contributed by atoms with Crippen molar-refractivity contribution < 1.29 is 13.9 Å². The van der Waals surface area contributed by atoms with Crippen molar-refractivity contribution in [1.29, 1.82) is 0 Å². The second-order valence-electron chi connectivity index (χ2n) is 5.74. The van der Waals surface area contributed by atoms with Crippen LogP contribution in [0.1, 0.15) is 27.7 Å². The Hall–Kier alpha value is -0.343. The predicted octanol–water partition coefficient (Wildman–Crippen LogP) is 3.02. The van der Waals surface area contributed by atoms with E-state index in [0.717, 1.165) is 0 Å². The van der Waals surface area contributed by atoms with E-state index in [1.165, 1.54) is 0 Å². The van der Waals surface area contributed by atoms with Gasteiger partial charge in [-0.15, -0.1) is 6.42 Å². The van der Waals surface area contributed by atoms with Crippen LogP contribution in [0.4, 0.5) is 0 Å². The van der Waals surface area contributed by atoms with Crippen molar-refractivity contribution in [3.05, 3.63) is 0 Å². The third-order valence-electron chi connectivity index (χ3n) is 3.24. The molecular formula is C13H26O3Si. The highest BCUT2D eigenvalue weighted by molar-refractivity contribution is 6.74. The molecule has 100 valence electrons. The second-order valence-corrected chi connectivity index (χ2v) is 10.5. The molecule has 0 aromatic carbocycles. The fourth-order valence-electron chi connectivity index (χ4n) is 1.16. The number of ether oxygens (including phenoxy) is 2. The highest BCUT2D eigenvalue weighted by Gasteiger charge is 2.39. The Labute approximate surface area is 107 Å². The molecule has 0 aliphatic heterocycles. The van der Waals surface area contributed by atoms with Gasteiger partial charge in [0.05, 0.1) is 6.10 Å². The first-order valence-corrected chi connectivity index (χ1v) is 8.81. The lowest BCUT2D eigenvalue weighted by molar-refractivity contribution is -0.0824. The van der Waals surface area contributed by atoms with Crippen LogP contribution in [0.15, 0.2) is 0 Å². The van der Waals surface area contributed by atoms with Crippen LogP contribution in [0.2, 0.25) is 18.1 Å². The maximum absolute atomic E-state index is 6.17. The Morgan fingerprint density at radius 3 is 2.18 bits per heavy atom. The molecule has 0 rings (SSSR count). The van der Waals surface area contributed by atoms with Crippen molar-refractivity contribution in [2.45, 2.75) is 58.0 Å². The summed E-state index contributed by atoms with van der Waals surface area (Å²) in [5, 5.41) is 0.168. The topological polar surface area (TPSA) is 27.7 Å². The number of rotatable bonds is 6. The summed E-state index contributed by atoms with van der Waals surface area (Å²) < 4.78 is 16.4. The Morgan fingerprint density at radius 2 is 1.82 bits per heavy atom. The zero-order valence-electron chi connectivity index (χ0n) is 12.2. The van der Waals surface area contributed by atoms with Crippen molar-refractivity contribution in [3.63, 3.8) is 0 Å². The molecule has 0 fully saturated rings. The minimum Gasteiger partial charge on any atom is -0.411 e. The van der Waals surface area contributed by atoms with E-state index in [4.69, 9.17) is 20.3 Å². The monoisotopic (exact) mass is 258 g/mol. The van der Waals surface area contributed by atoms with Gasteiger partial charge in [0.25, 0.3) is 0 Å². The zero-order valence-corrected chi connectivity index (χ0v) is 13.2. The molecule has 0 N–H and O–H groups in total. The Kier molecular flexibility index (Phi) is 6.42. The van der Waals surface area contributed by atoms with Crippen LogP contribution < -0.4 is 0 Å². The first kappa shape index (κ1) is 16.7. The molecule has 0 spiro atoms. The van der Waals surface area contributed by atoms with Gasteiger partial charge in [0, 0.05) is 7.11 Å². The van der Waals surface area contributed by atoms with Crippen LogP contribution in [0.25, 0.3) is 0 Å². The van der Waals surface area contributed by atoms with Crippen molar-refractivity contribution in [3.8, 4) is 12.3 Å². The molecule has 3 nitrogen and oxygen atoms in total. The SMILES string of the molecule is C#C[C@@H](OCOC)[C@H](C)O[Si](C)(C)C(C)(C)C. The lowest BCUT2D eigenvalue weighted by Crippen LogP contribution is -2.46. The van der Waals surface area contributed by atoms with Crippen LogP contribution in [0.3, 0.4) is 0 Å². The van der Waals surface area contributed by atoms with E-state index in [1.807, 2.05) is 6.92 Å². The zero-order chi connectivity index (χ0) is 13.7. The van der Waals surface area contributed by atoms with E-state index in [-0.39, 0.29) is 24.0 Å². The minimum absolute atomic E-state index is 0.115. The summed E-state index contributed by atoms with van der Waals surface area (Å²) in [5.41, 5.74) is 0. The molecule has 0 heterocycles. The Bertz CT molecular complexity index is 263. The summed E-state index contributed by atoms with van der Waals surface area (Å²) in [6.45, 7) is 13.2. The highest BCUT2D eigenvalue weighted by atomic mass is 28.4. The number of hydrogen-bond acceptors (Lipinski definition) is 3. The van der Waals surface area contributed by atoms with Gasteiger partial charge in [-0.3, -0.25) is 0 Å². The first-order valence-electron chi connectivity index (χ1n) is 5.90.